The molecule has 1 heterocycles. The first-order valence-electron chi connectivity index (χ1n) is 7.34. The van der Waals surface area contributed by atoms with E-state index in [1.54, 1.807) is 6.07 Å². The van der Waals surface area contributed by atoms with Crippen molar-refractivity contribution in [2.45, 2.75) is 33.1 Å². The number of nitrogens with one attached hydrogen (secondary N) is 1. The van der Waals surface area contributed by atoms with Crippen LogP contribution in [0.1, 0.15) is 32.5 Å². The van der Waals surface area contributed by atoms with Crippen molar-refractivity contribution in [3.05, 3.63) is 36.2 Å². The number of ether oxygens (including phenoxy) is 1. The van der Waals surface area contributed by atoms with Gasteiger partial charge in [0, 0.05) is 18.2 Å². The van der Waals surface area contributed by atoms with Gasteiger partial charge >= 0.3 is 0 Å². The van der Waals surface area contributed by atoms with Crippen LogP contribution in [0.3, 0.4) is 0 Å². The average molecular weight is 286 g/mol. The van der Waals surface area contributed by atoms with Gasteiger partial charge in [-0.2, -0.15) is 0 Å². The minimum absolute atomic E-state index is 0.485. The largest absolute Gasteiger partial charge is 0.494 e. The lowest BCUT2D eigenvalue weighted by Crippen LogP contribution is -2.03. The molecule has 0 spiro atoms. The summed E-state index contributed by atoms with van der Waals surface area (Å²) in [5.41, 5.74) is 6.76. The van der Waals surface area contributed by atoms with Crippen LogP contribution in [0.15, 0.2) is 30.3 Å². The third-order valence-electron chi connectivity index (χ3n) is 2.87. The van der Waals surface area contributed by atoms with Gasteiger partial charge < -0.3 is 15.8 Å². The smallest absolute Gasteiger partial charge is 0.136 e. The van der Waals surface area contributed by atoms with E-state index in [9.17, 15) is 0 Å². The number of benzene rings is 1. The molecule has 0 unspecified atom stereocenters. The number of hydrogen-bond acceptors (Lipinski definition) is 5. The van der Waals surface area contributed by atoms with Crippen LogP contribution in [-0.2, 0) is 6.42 Å². The molecule has 0 saturated carbocycles. The summed E-state index contributed by atoms with van der Waals surface area (Å²) in [5, 5.41) is 3.24. The minimum Gasteiger partial charge on any atom is -0.494 e. The Bertz CT molecular complexity index is 569. The second kappa shape index (κ2) is 7.47. The molecule has 0 aliphatic rings. The molecule has 0 amide bonds. The van der Waals surface area contributed by atoms with Gasteiger partial charge in [-0.1, -0.05) is 13.8 Å². The molecule has 3 N–H and O–H groups in total. The first-order valence-corrected chi connectivity index (χ1v) is 7.34. The van der Waals surface area contributed by atoms with E-state index >= 15 is 0 Å². The van der Waals surface area contributed by atoms with Gasteiger partial charge in [-0.15, -0.1) is 0 Å². The van der Waals surface area contributed by atoms with Crippen molar-refractivity contribution < 1.29 is 4.74 Å². The van der Waals surface area contributed by atoms with Crippen LogP contribution in [0.4, 0.5) is 17.3 Å². The minimum atomic E-state index is 0.485. The zero-order valence-corrected chi connectivity index (χ0v) is 12.6. The van der Waals surface area contributed by atoms with E-state index in [1.807, 2.05) is 24.3 Å². The zero-order valence-electron chi connectivity index (χ0n) is 12.6. The van der Waals surface area contributed by atoms with Crippen molar-refractivity contribution in [2.24, 2.45) is 0 Å². The molecule has 2 rings (SSSR count). The molecule has 1 aromatic heterocycles. The molecule has 112 valence electrons. The number of nitrogens with zero attached hydrogens (tertiary/aromatic N) is 2. The first-order chi connectivity index (χ1) is 10.2. The quantitative estimate of drug-likeness (QED) is 0.814. The molecule has 1 aromatic carbocycles. The second-order valence-corrected chi connectivity index (χ2v) is 4.84. The van der Waals surface area contributed by atoms with E-state index < -0.39 is 0 Å². The molecule has 0 fully saturated rings. The van der Waals surface area contributed by atoms with Crippen LogP contribution in [0.2, 0.25) is 0 Å². The maximum atomic E-state index is 5.81. The average Bonchev–Trinajstić information content (AvgIpc) is 2.46. The van der Waals surface area contributed by atoms with E-state index in [-0.39, 0.29) is 0 Å². The summed E-state index contributed by atoms with van der Waals surface area (Å²) in [6.07, 6.45) is 2.82. The van der Waals surface area contributed by atoms with Gasteiger partial charge in [0.15, 0.2) is 0 Å². The van der Waals surface area contributed by atoms with Gasteiger partial charge in [-0.05, 0) is 37.1 Å². The summed E-state index contributed by atoms with van der Waals surface area (Å²) in [7, 11) is 0. The molecule has 0 saturated heterocycles. The maximum absolute atomic E-state index is 5.81. The highest BCUT2D eigenvalue weighted by Gasteiger charge is 2.03. The molecule has 0 radical (unpaired) electrons. The number of nitrogen functional groups attached to an aromatic ring is 1. The SMILES string of the molecule is CCCOc1ccc(Nc2cc(N)nc(CCC)n2)cc1. The van der Waals surface area contributed by atoms with Crippen LogP contribution in [-0.4, -0.2) is 16.6 Å². The number of aryl methyl sites for hydroxylation is 1. The Balaban J connectivity index is 2.07. The van der Waals surface area contributed by atoms with E-state index in [0.29, 0.717) is 11.6 Å². The molecule has 0 bridgehead atoms. The molecule has 0 aliphatic heterocycles. The number of aromatic nitrogens is 2. The van der Waals surface area contributed by atoms with Crippen molar-refractivity contribution in [2.75, 3.05) is 17.7 Å². The molecule has 5 heteroatoms. The van der Waals surface area contributed by atoms with Gasteiger partial charge in [0.25, 0.3) is 0 Å². The van der Waals surface area contributed by atoms with Crippen LogP contribution >= 0.6 is 0 Å². The summed E-state index contributed by atoms with van der Waals surface area (Å²) in [6.45, 7) is 4.91. The Morgan fingerprint density at radius 3 is 2.52 bits per heavy atom. The Hall–Kier alpha value is -2.30. The van der Waals surface area contributed by atoms with Crippen LogP contribution in [0.5, 0.6) is 5.75 Å². The highest BCUT2D eigenvalue weighted by Crippen LogP contribution is 2.20. The predicted octanol–water partition coefficient (Wildman–Crippen LogP) is 3.54. The summed E-state index contributed by atoms with van der Waals surface area (Å²) in [6, 6.07) is 9.54. The normalized spacial score (nSPS) is 10.4. The third kappa shape index (κ3) is 4.63. The zero-order chi connectivity index (χ0) is 15.1. The highest BCUT2D eigenvalue weighted by atomic mass is 16.5. The molecule has 21 heavy (non-hydrogen) atoms. The lowest BCUT2D eigenvalue weighted by Gasteiger charge is -2.09. The Morgan fingerprint density at radius 2 is 1.86 bits per heavy atom. The predicted molar refractivity (Wildman–Crippen MR) is 86.0 cm³/mol. The molecular formula is C16H22N4O. The Labute approximate surface area is 125 Å². The summed E-state index contributed by atoms with van der Waals surface area (Å²) in [4.78, 5) is 8.68. The van der Waals surface area contributed by atoms with Gasteiger partial charge in [-0.3, -0.25) is 0 Å². The third-order valence-corrected chi connectivity index (χ3v) is 2.87. The summed E-state index contributed by atoms with van der Waals surface area (Å²) >= 11 is 0. The van der Waals surface area contributed by atoms with E-state index in [4.69, 9.17) is 10.5 Å². The van der Waals surface area contributed by atoms with Gasteiger partial charge in [0.1, 0.15) is 23.2 Å². The number of anilines is 3. The fourth-order valence-electron chi connectivity index (χ4n) is 1.92. The van der Waals surface area contributed by atoms with Gasteiger partial charge in [0.2, 0.25) is 0 Å². The molecule has 2 aromatic rings. The van der Waals surface area contributed by atoms with E-state index in [0.717, 1.165) is 43.1 Å². The lowest BCUT2D eigenvalue weighted by molar-refractivity contribution is 0.317. The molecule has 0 aliphatic carbocycles. The van der Waals surface area contributed by atoms with Crippen molar-refractivity contribution >= 4 is 17.3 Å². The molecular weight excluding hydrogens is 264 g/mol. The molecule has 5 nitrogen and oxygen atoms in total. The number of rotatable bonds is 7. The van der Waals surface area contributed by atoms with E-state index in [1.165, 1.54) is 0 Å². The van der Waals surface area contributed by atoms with Crippen molar-refractivity contribution in [3.8, 4) is 5.75 Å². The van der Waals surface area contributed by atoms with Crippen LogP contribution < -0.4 is 15.8 Å². The Kier molecular flexibility index (Phi) is 5.37. The van der Waals surface area contributed by atoms with Gasteiger partial charge in [0.05, 0.1) is 6.61 Å². The lowest BCUT2D eigenvalue weighted by atomic mass is 10.3. The summed E-state index contributed by atoms with van der Waals surface area (Å²) < 4.78 is 5.56. The van der Waals surface area contributed by atoms with Crippen LogP contribution in [0, 0.1) is 0 Å². The van der Waals surface area contributed by atoms with Crippen molar-refractivity contribution in [1.82, 2.24) is 9.97 Å². The van der Waals surface area contributed by atoms with E-state index in [2.05, 4.69) is 29.1 Å². The number of nitrogens with two attached hydrogens (primary N) is 1. The topological polar surface area (TPSA) is 73.1 Å². The van der Waals surface area contributed by atoms with Crippen LogP contribution in [0.25, 0.3) is 0 Å². The standard InChI is InChI=1S/C16H22N4O/c1-3-5-15-19-14(17)11-16(20-15)18-12-6-8-13(9-7-12)21-10-4-2/h6-9,11H,3-5,10H2,1-2H3,(H3,17,18,19,20). The first kappa shape index (κ1) is 15.1. The van der Waals surface area contributed by atoms with Gasteiger partial charge in [-0.25, -0.2) is 9.97 Å². The monoisotopic (exact) mass is 286 g/mol. The summed E-state index contributed by atoms with van der Waals surface area (Å²) in [5.74, 6) is 2.84. The van der Waals surface area contributed by atoms with Crippen molar-refractivity contribution in [3.63, 3.8) is 0 Å². The van der Waals surface area contributed by atoms with Crippen molar-refractivity contribution in [1.29, 1.82) is 0 Å². The number of hydrogen-bond donors (Lipinski definition) is 2. The fraction of sp³-hybridized carbons (Fsp3) is 0.375. The maximum Gasteiger partial charge on any atom is 0.136 e. The Morgan fingerprint density at radius 1 is 1.10 bits per heavy atom. The fourth-order valence-corrected chi connectivity index (χ4v) is 1.92. The second-order valence-electron chi connectivity index (χ2n) is 4.84. The highest BCUT2D eigenvalue weighted by molar-refractivity contribution is 5.59. The molecule has 0 atom stereocenters.